The third-order valence-corrected chi connectivity index (χ3v) is 5.52. The molecule has 34 heavy (non-hydrogen) atoms. The number of ether oxygens (including phenoxy) is 3. The van der Waals surface area contributed by atoms with Gasteiger partial charge in [0, 0.05) is 13.1 Å². The van der Waals surface area contributed by atoms with Crippen molar-refractivity contribution < 1.29 is 32.6 Å². The van der Waals surface area contributed by atoms with Gasteiger partial charge in [-0.05, 0) is 30.3 Å². The van der Waals surface area contributed by atoms with Crippen LogP contribution in [0.1, 0.15) is 16.2 Å². The van der Waals surface area contributed by atoms with E-state index in [4.69, 9.17) is 18.6 Å². The number of nitrogens with zero attached hydrogens (tertiary/aromatic N) is 5. The molecule has 0 spiro atoms. The average molecular weight is 471 g/mol. The minimum atomic E-state index is -0.605. The Balaban J connectivity index is 1.17. The number of furan rings is 1. The van der Waals surface area contributed by atoms with Crippen molar-refractivity contribution in [2.45, 2.75) is 19.3 Å². The Kier molecular flexibility index (Phi) is 6.12. The fraction of sp³-hybridized carbons (Fsp3) is 0.364. The lowest BCUT2D eigenvalue weighted by Crippen LogP contribution is -2.36. The molecule has 2 fully saturated rings. The number of anilines is 2. The zero-order chi connectivity index (χ0) is 23.5. The lowest BCUT2D eigenvalue weighted by molar-refractivity contribution is 0.0431. The molecule has 0 aliphatic carbocycles. The highest BCUT2D eigenvalue weighted by molar-refractivity contribution is 5.90. The van der Waals surface area contributed by atoms with Gasteiger partial charge in [-0.25, -0.2) is 18.7 Å². The van der Waals surface area contributed by atoms with Gasteiger partial charge in [-0.15, -0.1) is 5.10 Å². The first-order valence-corrected chi connectivity index (χ1v) is 10.8. The maximum atomic E-state index is 14.8. The Morgan fingerprint density at radius 3 is 2.85 bits per heavy atom. The Hall–Kier alpha value is -3.93. The molecule has 0 unspecified atom stereocenters. The number of carbonyl (C=O) groups is 2. The first-order chi connectivity index (χ1) is 16.6. The van der Waals surface area contributed by atoms with Crippen LogP contribution in [0.25, 0.3) is 0 Å². The van der Waals surface area contributed by atoms with E-state index in [9.17, 15) is 14.0 Å². The van der Waals surface area contributed by atoms with E-state index in [2.05, 4.69) is 10.3 Å². The van der Waals surface area contributed by atoms with Gasteiger partial charge in [-0.2, -0.15) is 0 Å². The van der Waals surface area contributed by atoms with Crippen LogP contribution in [0.5, 0.6) is 0 Å². The van der Waals surface area contributed by atoms with Crippen LogP contribution in [-0.4, -0.2) is 66.0 Å². The summed E-state index contributed by atoms with van der Waals surface area (Å²) in [6.07, 6.45) is 1.92. The third-order valence-electron chi connectivity index (χ3n) is 5.52. The highest BCUT2D eigenvalue weighted by Crippen LogP contribution is 2.28. The van der Waals surface area contributed by atoms with E-state index in [-0.39, 0.29) is 25.5 Å². The fourth-order valence-corrected chi connectivity index (χ4v) is 3.86. The number of hydrogen-bond donors (Lipinski definition) is 0. The van der Waals surface area contributed by atoms with Crippen molar-refractivity contribution in [3.63, 3.8) is 0 Å². The van der Waals surface area contributed by atoms with E-state index < -0.39 is 24.0 Å². The zero-order valence-corrected chi connectivity index (χ0v) is 18.1. The Bertz CT molecular complexity index is 1160. The number of morpholine rings is 1. The van der Waals surface area contributed by atoms with Gasteiger partial charge in [0.05, 0.1) is 50.1 Å². The van der Waals surface area contributed by atoms with E-state index in [1.807, 2.05) is 4.90 Å². The van der Waals surface area contributed by atoms with Crippen molar-refractivity contribution in [1.29, 1.82) is 0 Å². The highest BCUT2D eigenvalue weighted by atomic mass is 19.1. The topological polar surface area (TPSA) is 112 Å². The molecule has 3 aromatic rings. The molecule has 4 heterocycles. The molecule has 2 aliphatic rings. The first-order valence-electron chi connectivity index (χ1n) is 10.8. The standard InChI is InChI=1S/C22H22FN5O6/c23-18-10-16(3-4-19(18)26-5-8-31-9-6-26)28-13-17(34-22(28)30)12-27-11-15(24-25-27)14-33-21(29)20-2-1-7-32-20/h1-4,7,10-11,17H,5-6,8-9,12-14H2/t17-/m0/s1. The molecule has 11 nitrogen and oxygen atoms in total. The van der Waals surface area contributed by atoms with Crippen LogP contribution in [0, 0.1) is 5.82 Å². The summed E-state index contributed by atoms with van der Waals surface area (Å²) in [6, 6.07) is 7.81. The monoisotopic (exact) mass is 471 g/mol. The van der Waals surface area contributed by atoms with E-state index in [0.717, 1.165) is 0 Å². The third kappa shape index (κ3) is 4.71. The molecule has 0 radical (unpaired) electrons. The van der Waals surface area contributed by atoms with Crippen molar-refractivity contribution >= 4 is 23.4 Å². The maximum Gasteiger partial charge on any atom is 0.414 e. The maximum absolute atomic E-state index is 14.8. The molecular formula is C22H22FN5O6. The van der Waals surface area contributed by atoms with Gasteiger partial charge in [0.25, 0.3) is 0 Å². The van der Waals surface area contributed by atoms with Crippen molar-refractivity contribution in [2.24, 2.45) is 0 Å². The van der Waals surface area contributed by atoms with E-state index >= 15 is 0 Å². The number of halogens is 1. The largest absolute Gasteiger partial charge is 0.457 e. The zero-order valence-electron chi connectivity index (χ0n) is 18.1. The molecule has 2 saturated heterocycles. The second-order valence-corrected chi connectivity index (χ2v) is 7.84. The normalized spacial score (nSPS) is 18.3. The van der Waals surface area contributed by atoms with Crippen LogP contribution in [0.2, 0.25) is 0 Å². The Morgan fingerprint density at radius 1 is 1.24 bits per heavy atom. The lowest BCUT2D eigenvalue weighted by atomic mass is 10.2. The molecule has 178 valence electrons. The summed E-state index contributed by atoms with van der Waals surface area (Å²) < 4.78 is 37.1. The molecule has 2 aromatic heterocycles. The Labute approximate surface area is 193 Å². The molecule has 1 aromatic carbocycles. The molecule has 1 atom stereocenters. The molecule has 0 saturated carbocycles. The quantitative estimate of drug-likeness (QED) is 0.479. The van der Waals surface area contributed by atoms with Crippen molar-refractivity contribution in [3.8, 4) is 0 Å². The molecule has 0 N–H and O–H groups in total. The minimum Gasteiger partial charge on any atom is -0.457 e. The summed E-state index contributed by atoms with van der Waals surface area (Å²) in [5.41, 5.74) is 1.34. The van der Waals surface area contributed by atoms with Gasteiger partial charge in [-0.1, -0.05) is 5.21 Å². The summed E-state index contributed by atoms with van der Waals surface area (Å²) >= 11 is 0. The SMILES string of the molecule is O=C(OCc1cn(C[C@H]2CN(c3ccc(N4CCOCC4)c(F)c3)C(=O)O2)nn1)c1ccco1. The van der Waals surface area contributed by atoms with Gasteiger partial charge < -0.3 is 23.5 Å². The number of benzene rings is 1. The predicted molar refractivity (Wildman–Crippen MR) is 115 cm³/mol. The molecule has 12 heteroatoms. The number of rotatable bonds is 7. The molecular weight excluding hydrogens is 449 g/mol. The molecule has 0 bridgehead atoms. The van der Waals surface area contributed by atoms with E-state index in [0.29, 0.717) is 43.4 Å². The smallest absolute Gasteiger partial charge is 0.414 e. The van der Waals surface area contributed by atoms with Crippen LogP contribution in [0.3, 0.4) is 0 Å². The van der Waals surface area contributed by atoms with Crippen molar-refractivity contribution in [3.05, 3.63) is 60.1 Å². The van der Waals surface area contributed by atoms with Gasteiger partial charge in [0.2, 0.25) is 5.76 Å². The number of hydrogen-bond acceptors (Lipinski definition) is 9. The van der Waals surface area contributed by atoms with Crippen LogP contribution in [0.15, 0.2) is 47.2 Å². The van der Waals surface area contributed by atoms with Gasteiger partial charge in [0.15, 0.2) is 0 Å². The van der Waals surface area contributed by atoms with Crippen LogP contribution >= 0.6 is 0 Å². The molecule has 5 rings (SSSR count). The average Bonchev–Trinajstić information content (AvgIpc) is 3.60. The second-order valence-electron chi connectivity index (χ2n) is 7.84. The van der Waals surface area contributed by atoms with Crippen LogP contribution in [-0.2, 0) is 27.4 Å². The highest BCUT2D eigenvalue weighted by Gasteiger charge is 2.33. The summed E-state index contributed by atoms with van der Waals surface area (Å²) in [6.45, 7) is 2.74. The molecule has 2 aliphatic heterocycles. The van der Waals surface area contributed by atoms with Gasteiger partial charge in [0.1, 0.15) is 24.2 Å². The Morgan fingerprint density at radius 2 is 2.09 bits per heavy atom. The summed E-state index contributed by atoms with van der Waals surface area (Å²) in [7, 11) is 0. The van der Waals surface area contributed by atoms with Crippen LogP contribution < -0.4 is 9.80 Å². The number of esters is 1. The summed E-state index contributed by atoms with van der Waals surface area (Å²) in [5, 5.41) is 7.95. The van der Waals surface area contributed by atoms with Gasteiger partial charge in [-0.3, -0.25) is 4.90 Å². The van der Waals surface area contributed by atoms with E-state index in [1.54, 1.807) is 24.4 Å². The number of carbonyl (C=O) groups excluding carboxylic acids is 2. The minimum absolute atomic E-state index is 0.0785. The summed E-state index contributed by atoms with van der Waals surface area (Å²) in [5.74, 6) is -0.910. The number of aromatic nitrogens is 3. The predicted octanol–water partition coefficient (Wildman–Crippen LogP) is 2.23. The fourth-order valence-electron chi connectivity index (χ4n) is 3.86. The molecule has 1 amide bonds. The van der Waals surface area contributed by atoms with Gasteiger partial charge >= 0.3 is 12.1 Å². The van der Waals surface area contributed by atoms with Crippen molar-refractivity contribution in [2.75, 3.05) is 42.6 Å². The number of amides is 1. The summed E-state index contributed by atoms with van der Waals surface area (Å²) in [4.78, 5) is 27.6. The van der Waals surface area contributed by atoms with Crippen molar-refractivity contribution in [1.82, 2.24) is 15.0 Å². The van der Waals surface area contributed by atoms with Crippen LogP contribution in [0.4, 0.5) is 20.6 Å². The lowest BCUT2D eigenvalue weighted by Gasteiger charge is -2.29. The van der Waals surface area contributed by atoms with E-state index in [1.165, 1.54) is 28.0 Å². The second kappa shape index (κ2) is 9.51. The first kappa shape index (κ1) is 21.9. The number of cyclic esters (lactones) is 1.